The van der Waals surface area contributed by atoms with Gasteiger partial charge >= 0.3 is 5.97 Å². The number of nitrogens with zero attached hydrogens (tertiary/aromatic N) is 2. The third kappa shape index (κ3) is 6.19. The Hall–Kier alpha value is -3.36. The minimum atomic E-state index is -1.20. The molecule has 0 saturated carbocycles. The van der Waals surface area contributed by atoms with Crippen LogP contribution < -0.4 is 4.90 Å². The molecule has 1 aliphatic rings. The van der Waals surface area contributed by atoms with Crippen LogP contribution in [0.25, 0.3) is 16.5 Å². The summed E-state index contributed by atoms with van der Waals surface area (Å²) in [5.41, 5.74) is 6.14. The van der Waals surface area contributed by atoms with E-state index < -0.39 is 5.97 Å². The number of carboxylic acids is 1. The normalized spacial score (nSPS) is 15.6. The molecule has 4 nitrogen and oxygen atoms in total. The predicted octanol–water partition coefficient (Wildman–Crippen LogP) is 9.30. The Balaban J connectivity index is 1.58. The molecule has 1 aromatic heterocycles. The summed E-state index contributed by atoms with van der Waals surface area (Å²) < 4.78 is 0. The van der Waals surface area contributed by atoms with Gasteiger partial charge in [0.1, 0.15) is 11.6 Å². The Kier molecular flexibility index (Phi) is 8.74. The third-order valence-corrected chi connectivity index (χ3v) is 8.87. The van der Waals surface area contributed by atoms with E-state index in [0.717, 1.165) is 28.3 Å². The largest absolute Gasteiger partial charge is 0.477 e. The molecule has 0 spiro atoms. The van der Waals surface area contributed by atoms with Gasteiger partial charge in [-0.3, -0.25) is 0 Å². The molecule has 1 atom stereocenters. The average Bonchev–Trinajstić information content (AvgIpc) is 3.38. The van der Waals surface area contributed by atoms with Crippen molar-refractivity contribution in [1.82, 2.24) is 0 Å². The van der Waals surface area contributed by atoms with Crippen molar-refractivity contribution in [3.8, 4) is 16.5 Å². The molecule has 0 aliphatic carbocycles. The van der Waals surface area contributed by atoms with E-state index >= 15 is 0 Å². The average molecular weight is 527 g/mol. The van der Waals surface area contributed by atoms with Crippen molar-refractivity contribution in [2.45, 2.75) is 77.6 Å². The number of fused-ring (bicyclic) bond motifs is 1. The van der Waals surface area contributed by atoms with Crippen LogP contribution in [-0.2, 0) is 10.2 Å². The fraction of sp³-hybridized carbons (Fsp3) is 0.394. The van der Waals surface area contributed by atoms with E-state index in [-0.39, 0.29) is 11.0 Å². The van der Waals surface area contributed by atoms with Gasteiger partial charge in [-0.2, -0.15) is 5.26 Å². The van der Waals surface area contributed by atoms with Gasteiger partial charge in [-0.15, -0.1) is 11.3 Å². The lowest BCUT2D eigenvalue weighted by Crippen LogP contribution is -2.34. The summed E-state index contributed by atoms with van der Waals surface area (Å²) in [4.78, 5) is 15.5. The maximum atomic E-state index is 11.2. The van der Waals surface area contributed by atoms with Crippen molar-refractivity contribution < 1.29 is 9.90 Å². The number of unbranched alkanes of at least 4 members (excludes halogenated alkanes) is 3. The molecule has 38 heavy (non-hydrogen) atoms. The molecule has 1 N–H and O–H groups in total. The van der Waals surface area contributed by atoms with E-state index in [9.17, 15) is 9.90 Å². The highest BCUT2D eigenvalue weighted by Gasteiger charge is 2.32. The van der Waals surface area contributed by atoms with E-state index in [1.165, 1.54) is 72.0 Å². The number of hydrogen-bond donors (Lipinski definition) is 1. The Labute approximate surface area is 231 Å². The molecule has 3 aromatic rings. The van der Waals surface area contributed by atoms with Crippen LogP contribution in [0.4, 0.5) is 11.4 Å². The first-order valence-electron chi connectivity index (χ1n) is 13.7. The van der Waals surface area contributed by atoms with Crippen molar-refractivity contribution in [3.63, 3.8) is 0 Å². The highest BCUT2D eigenvalue weighted by Crippen LogP contribution is 2.45. The number of rotatable bonds is 10. The molecule has 2 heterocycles. The van der Waals surface area contributed by atoms with E-state index in [1.807, 2.05) is 12.1 Å². The molecule has 198 valence electrons. The van der Waals surface area contributed by atoms with E-state index in [0.29, 0.717) is 5.92 Å². The number of carboxylic acid groups (broad SMARTS) is 1. The van der Waals surface area contributed by atoms with Gasteiger partial charge in [0.05, 0.1) is 0 Å². The topological polar surface area (TPSA) is 64.3 Å². The van der Waals surface area contributed by atoms with Gasteiger partial charge in [0, 0.05) is 27.7 Å². The van der Waals surface area contributed by atoms with E-state index in [2.05, 4.69) is 75.1 Å². The first-order chi connectivity index (χ1) is 18.2. The van der Waals surface area contributed by atoms with Gasteiger partial charge in [0.15, 0.2) is 0 Å². The van der Waals surface area contributed by atoms with Crippen molar-refractivity contribution in [1.29, 1.82) is 5.26 Å². The summed E-state index contributed by atoms with van der Waals surface area (Å²) in [5, 5.41) is 18.3. The zero-order chi connectivity index (χ0) is 27.3. The fourth-order valence-electron chi connectivity index (χ4n) is 5.28. The Morgan fingerprint density at radius 1 is 1.13 bits per heavy atom. The standard InChI is InChI=1S/C33H38N2O2S/c1-5-6-7-8-9-23(2)24-10-13-27(14-11-24)35-19-18-33(3,4)29-21-25(12-16-30(29)35)31-17-15-28(38-31)20-26(22-34)32(36)37/h10-17,20-21,23H,5-9,18-19H2,1-4H3,(H,36,37)/b26-20+. The van der Waals surface area contributed by atoms with Crippen LogP contribution in [0.2, 0.25) is 0 Å². The minimum Gasteiger partial charge on any atom is -0.477 e. The Morgan fingerprint density at radius 3 is 2.58 bits per heavy atom. The van der Waals surface area contributed by atoms with Gasteiger partial charge in [-0.1, -0.05) is 71.6 Å². The first kappa shape index (κ1) is 27.7. The first-order valence-corrected chi connectivity index (χ1v) is 14.5. The predicted molar refractivity (Wildman–Crippen MR) is 159 cm³/mol. The summed E-state index contributed by atoms with van der Waals surface area (Å²) >= 11 is 1.50. The van der Waals surface area contributed by atoms with Crippen LogP contribution in [0, 0.1) is 11.3 Å². The highest BCUT2D eigenvalue weighted by molar-refractivity contribution is 7.16. The van der Waals surface area contributed by atoms with Gasteiger partial charge in [0.25, 0.3) is 0 Å². The Bertz CT molecular complexity index is 1340. The number of benzene rings is 2. The monoisotopic (exact) mass is 526 g/mol. The molecule has 4 rings (SSSR count). The molecule has 0 bridgehead atoms. The lowest BCUT2D eigenvalue weighted by atomic mass is 9.77. The zero-order valence-electron chi connectivity index (χ0n) is 23.0. The number of anilines is 2. The lowest BCUT2D eigenvalue weighted by Gasteiger charge is -2.40. The number of thiophene rings is 1. The number of carbonyl (C=O) groups is 1. The number of hydrogen-bond acceptors (Lipinski definition) is 4. The molecule has 1 unspecified atom stereocenters. The lowest BCUT2D eigenvalue weighted by molar-refractivity contribution is -0.132. The molecule has 0 radical (unpaired) electrons. The van der Waals surface area contributed by atoms with Crippen molar-refractivity contribution in [2.75, 3.05) is 11.4 Å². The van der Waals surface area contributed by atoms with Crippen LogP contribution in [0.3, 0.4) is 0 Å². The van der Waals surface area contributed by atoms with Gasteiger partial charge in [-0.25, -0.2) is 4.79 Å². The highest BCUT2D eigenvalue weighted by atomic mass is 32.1. The quantitative estimate of drug-likeness (QED) is 0.162. The summed E-state index contributed by atoms with van der Waals surface area (Å²) in [6.07, 6.45) is 8.98. The molecule has 5 heteroatoms. The van der Waals surface area contributed by atoms with Crippen LogP contribution >= 0.6 is 11.3 Å². The number of nitriles is 1. The van der Waals surface area contributed by atoms with E-state index in [1.54, 1.807) is 6.07 Å². The summed E-state index contributed by atoms with van der Waals surface area (Å²) in [6.45, 7) is 10.2. The summed E-state index contributed by atoms with van der Waals surface area (Å²) in [7, 11) is 0. The van der Waals surface area contributed by atoms with Gasteiger partial charge < -0.3 is 10.0 Å². The van der Waals surface area contributed by atoms with Crippen LogP contribution in [0.1, 0.15) is 88.1 Å². The van der Waals surface area contributed by atoms with Crippen LogP contribution in [0.15, 0.2) is 60.2 Å². The van der Waals surface area contributed by atoms with Crippen LogP contribution in [0.5, 0.6) is 0 Å². The summed E-state index contributed by atoms with van der Waals surface area (Å²) in [6, 6.07) is 21.5. The molecule has 2 aromatic carbocycles. The van der Waals surface area contributed by atoms with Crippen LogP contribution in [-0.4, -0.2) is 17.6 Å². The Morgan fingerprint density at radius 2 is 1.89 bits per heavy atom. The maximum absolute atomic E-state index is 11.2. The molecule has 0 amide bonds. The molecular formula is C33H38N2O2S. The maximum Gasteiger partial charge on any atom is 0.346 e. The second kappa shape index (κ2) is 12.0. The molecule has 1 aliphatic heterocycles. The summed E-state index contributed by atoms with van der Waals surface area (Å²) in [5.74, 6) is -0.617. The van der Waals surface area contributed by atoms with E-state index in [4.69, 9.17) is 5.26 Å². The second-order valence-corrected chi connectivity index (χ2v) is 12.2. The number of aliphatic carboxylic acids is 1. The van der Waals surface area contributed by atoms with Crippen molar-refractivity contribution in [3.05, 3.63) is 76.2 Å². The zero-order valence-corrected chi connectivity index (χ0v) is 23.8. The minimum absolute atomic E-state index is 0.0477. The molecule has 0 fully saturated rings. The second-order valence-electron chi connectivity index (χ2n) is 11.0. The fourth-order valence-corrected chi connectivity index (χ4v) is 6.23. The SMILES string of the molecule is CCCCCCC(C)c1ccc(N2CCC(C)(C)c3cc(-c4ccc(/C=C(\C#N)C(=O)O)s4)ccc32)cc1. The van der Waals surface area contributed by atoms with Gasteiger partial charge in [-0.05, 0) is 83.3 Å². The molecular weight excluding hydrogens is 488 g/mol. The van der Waals surface area contributed by atoms with Gasteiger partial charge in [0.2, 0.25) is 0 Å². The van der Waals surface area contributed by atoms with Crippen molar-refractivity contribution >= 4 is 34.8 Å². The third-order valence-electron chi connectivity index (χ3n) is 7.79. The smallest absolute Gasteiger partial charge is 0.346 e. The van der Waals surface area contributed by atoms with Crippen molar-refractivity contribution in [2.24, 2.45) is 0 Å². The molecule has 0 saturated heterocycles.